The first-order chi connectivity index (χ1) is 10.6. The average Bonchev–Trinajstić information content (AvgIpc) is 2.92. The Morgan fingerprint density at radius 3 is 2.64 bits per heavy atom. The third-order valence-corrected chi connectivity index (χ3v) is 4.16. The van der Waals surface area contributed by atoms with Crippen LogP contribution in [0.5, 0.6) is 0 Å². The number of benzene rings is 1. The molecule has 0 radical (unpaired) electrons. The van der Waals surface area contributed by atoms with Crippen LogP contribution < -0.4 is 11.3 Å². The van der Waals surface area contributed by atoms with Crippen LogP contribution in [0.3, 0.4) is 0 Å². The van der Waals surface area contributed by atoms with E-state index in [1.807, 2.05) is 6.07 Å². The molecule has 0 fully saturated rings. The summed E-state index contributed by atoms with van der Waals surface area (Å²) >= 11 is 1.39. The molecule has 0 aliphatic carbocycles. The number of aromatic nitrogens is 1. The van der Waals surface area contributed by atoms with Crippen molar-refractivity contribution < 1.29 is 4.39 Å². The van der Waals surface area contributed by atoms with Crippen LogP contribution in [0.25, 0.3) is 21.2 Å². The Balaban J connectivity index is 2.49. The largest absolute Gasteiger partial charge is 0.384 e. The number of thiophene rings is 1. The number of nitrogens with zero attached hydrogens (tertiary/aromatic N) is 2. The summed E-state index contributed by atoms with van der Waals surface area (Å²) in [4.78, 5) is 14.1. The van der Waals surface area contributed by atoms with Crippen molar-refractivity contribution in [2.45, 2.75) is 0 Å². The van der Waals surface area contributed by atoms with Gasteiger partial charge in [0, 0.05) is 15.8 Å². The molecule has 1 aromatic carbocycles. The van der Waals surface area contributed by atoms with Crippen molar-refractivity contribution >= 4 is 27.2 Å². The van der Waals surface area contributed by atoms with Crippen LogP contribution in [0, 0.1) is 28.5 Å². The zero-order valence-corrected chi connectivity index (χ0v) is 11.8. The number of pyridine rings is 1. The number of halogens is 1. The number of aromatic amines is 1. The second kappa shape index (κ2) is 4.99. The lowest BCUT2D eigenvalue weighted by Crippen LogP contribution is -2.16. The highest BCUT2D eigenvalue weighted by atomic mass is 32.1. The van der Waals surface area contributed by atoms with Crippen LogP contribution >= 0.6 is 11.3 Å². The molecule has 0 saturated heterocycles. The highest BCUT2D eigenvalue weighted by molar-refractivity contribution is 7.17. The highest BCUT2D eigenvalue weighted by Gasteiger charge is 2.21. The molecule has 22 heavy (non-hydrogen) atoms. The maximum absolute atomic E-state index is 14.4. The Morgan fingerprint density at radius 2 is 1.95 bits per heavy atom. The lowest BCUT2D eigenvalue weighted by molar-refractivity contribution is 0.633. The first kappa shape index (κ1) is 13.8. The fourth-order valence-corrected chi connectivity index (χ4v) is 3.10. The van der Waals surface area contributed by atoms with Gasteiger partial charge >= 0.3 is 0 Å². The summed E-state index contributed by atoms with van der Waals surface area (Å²) in [5.41, 5.74) is 4.37. The van der Waals surface area contributed by atoms with Crippen LogP contribution in [-0.2, 0) is 0 Å². The van der Waals surface area contributed by atoms with Gasteiger partial charge in [-0.05, 0) is 29.0 Å². The summed E-state index contributed by atoms with van der Waals surface area (Å²) in [6.07, 6.45) is 0. The summed E-state index contributed by atoms with van der Waals surface area (Å²) in [5, 5.41) is 21.0. The first-order valence-corrected chi connectivity index (χ1v) is 6.98. The van der Waals surface area contributed by atoms with Crippen LogP contribution in [0.4, 0.5) is 10.2 Å². The molecule has 3 N–H and O–H groups in total. The highest BCUT2D eigenvalue weighted by Crippen LogP contribution is 2.34. The van der Waals surface area contributed by atoms with Gasteiger partial charge < -0.3 is 10.7 Å². The molecule has 0 aliphatic rings. The molecule has 2 aromatic heterocycles. The monoisotopic (exact) mass is 310 g/mol. The molecule has 3 aromatic rings. The summed E-state index contributed by atoms with van der Waals surface area (Å²) in [7, 11) is 0. The lowest BCUT2D eigenvalue weighted by atomic mass is 9.96. The van der Waals surface area contributed by atoms with Gasteiger partial charge in [0.25, 0.3) is 5.56 Å². The minimum Gasteiger partial charge on any atom is -0.384 e. The van der Waals surface area contributed by atoms with E-state index >= 15 is 0 Å². The van der Waals surface area contributed by atoms with Gasteiger partial charge in [-0.25, -0.2) is 4.39 Å². The first-order valence-electron chi connectivity index (χ1n) is 6.10. The maximum atomic E-state index is 14.4. The number of nitrogens with two attached hydrogens (primary N) is 1. The molecule has 0 unspecified atom stereocenters. The van der Waals surface area contributed by atoms with Gasteiger partial charge in [-0.3, -0.25) is 4.79 Å². The molecular formula is C15H7FN4OS. The SMILES string of the molecule is N#Cc1c(N)[nH]c(=O)c(C#N)c1-c1cc2sccc2cc1F. The molecule has 0 amide bonds. The fraction of sp³-hybridized carbons (Fsp3) is 0. The van der Waals surface area contributed by atoms with E-state index in [9.17, 15) is 19.7 Å². The molecule has 7 heteroatoms. The molecule has 106 valence electrons. The van der Waals surface area contributed by atoms with Crippen molar-refractivity contribution in [3.63, 3.8) is 0 Å². The number of hydrogen-bond acceptors (Lipinski definition) is 5. The van der Waals surface area contributed by atoms with Crippen molar-refractivity contribution in [2.75, 3.05) is 5.73 Å². The molecule has 2 heterocycles. The third kappa shape index (κ3) is 1.93. The predicted molar refractivity (Wildman–Crippen MR) is 81.7 cm³/mol. The number of rotatable bonds is 1. The Bertz CT molecular complexity index is 1050. The standard InChI is InChI=1S/C15H7FN4OS/c16-11-3-7-1-2-22-12(7)4-8(11)13-9(5-17)14(19)20-15(21)10(13)6-18/h1-4H,(H3,19,20,21). The maximum Gasteiger partial charge on any atom is 0.268 e. The van der Waals surface area contributed by atoms with Gasteiger partial charge in [0.15, 0.2) is 0 Å². The number of fused-ring (bicyclic) bond motifs is 1. The average molecular weight is 310 g/mol. The van der Waals surface area contributed by atoms with Crippen LogP contribution in [0.15, 0.2) is 28.4 Å². The predicted octanol–water partition coefficient (Wildman–Crippen LogP) is 2.72. The molecule has 3 rings (SSSR count). The van der Waals surface area contributed by atoms with E-state index in [0.717, 1.165) is 4.70 Å². The smallest absolute Gasteiger partial charge is 0.268 e. The van der Waals surface area contributed by atoms with Crippen LogP contribution in [-0.4, -0.2) is 4.98 Å². The zero-order valence-electron chi connectivity index (χ0n) is 11.0. The van der Waals surface area contributed by atoms with Crippen molar-refractivity contribution in [3.8, 4) is 23.3 Å². The number of H-pyrrole nitrogens is 1. The Hall–Kier alpha value is -3.16. The Kier molecular flexibility index (Phi) is 3.13. The van der Waals surface area contributed by atoms with Crippen molar-refractivity contribution in [2.24, 2.45) is 0 Å². The van der Waals surface area contributed by atoms with Gasteiger partial charge in [0.2, 0.25) is 0 Å². The van der Waals surface area contributed by atoms with E-state index in [4.69, 9.17) is 5.73 Å². The molecular weight excluding hydrogens is 303 g/mol. The molecule has 5 nitrogen and oxygen atoms in total. The minimum atomic E-state index is -0.750. The number of nitrogens with one attached hydrogen (secondary N) is 1. The zero-order chi connectivity index (χ0) is 15.9. The van der Waals surface area contributed by atoms with E-state index < -0.39 is 11.4 Å². The van der Waals surface area contributed by atoms with Gasteiger partial charge in [-0.15, -0.1) is 11.3 Å². The summed E-state index contributed by atoms with van der Waals surface area (Å²) in [6, 6.07) is 8.13. The van der Waals surface area contributed by atoms with Gasteiger partial charge in [-0.1, -0.05) is 0 Å². The van der Waals surface area contributed by atoms with E-state index in [1.165, 1.54) is 23.5 Å². The molecule has 0 spiro atoms. The molecule has 0 saturated carbocycles. The van der Waals surface area contributed by atoms with Gasteiger partial charge in [-0.2, -0.15) is 10.5 Å². The lowest BCUT2D eigenvalue weighted by Gasteiger charge is -2.10. The fourth-order valence-electron chi connectivity index (χ4n) is 2.29. The van der Waals surface area contributed by atoms with Gasteiger partial charge in [0.1, 0.15) is 34.9 Å². The Morgan fingerprint density at radius 1 is 1.23 bits per heavy atom. The van der Waals surface area contributed by atoms with E-state index in [0.29, 0.717) is 5.39 Å². The number of anilines is 1. The second-order valence-electron chi connectivity index (χ2n) is 4.51. The van der Waals surface area contributed by atoms with Crippen molar-refractivity contribution in [3.05, 3.63) is 50.9 Å². The topological polar surface area (TPSA) is 106 Å². The summed E-state index contributed by atoms with van der Waals surface area (Å²) in [5.74, 6) is -0.809. The van der Waals surface area contributed by atoms with E-state index in [2.05, 4.69) is 4.98 Å². The third-order valence-electron chi connectivity index (χ3n) is 3.28. The second-order valence-corrected chi connectivity index (χ2v) is 5.45. The normalized spacial score (nSPS) is 10.3. The van der Waals surface area contributed by atoms with E-state index in [1.54, 1.807) is 17.5 Å². The summed E-state index contributed by atoms with van der Waals surface area (Å²) in [6.45, 7) is 0. The van der Waals surface area contributed by atoms with Crippen molar-refractivity contribution in [1.82, 2.24) is 4.98 Å². The molecule has 0 bridgehead atoms. The Labute approximate surface area is 127 Å². The minimum absolute atomic E-state index is 0.0147. The molecule has 0 aliphatic heterocycles. The molecule has 0 atom stereocenters. The number of nitriles is 2. The van der Waals surface area contributed by atoms with E-state index in [-0.39, 0.29) is 28.1 Å². The van der Waals surface area contributed by atoms with Crippen LogP contribution in [0.2, 0.25) is 0 Å². The van der Waals surface area contributed by atoms with Crippen LogP contribution in [0.1, 0.15) is 11.1 Å². The quantitative estimate of drug-likeness (QED) is 0.720. The van der Waals surface area contributed by atoms with Gasteiger partial charge in [0.05, 0.1) is 0 Å². The van der Waals surface area contributed by atoms with Crippen molar-refractivity contribution in [1.29, 1.82) is 10.5 Å². The number of nitrogen functional groups attached to an aromatic ring is 1. The summed E-state index contributed by atoms with van der Waals surface area (Å²) < 4.78 is 15.2. The number of hydrogen-bond donors (Lipinski definition) is 2.